The maximum atomic E-state index is 15.0. The summed E-state index contributed by atoms with van der Waals surface area (Å²) in [6, 6.07) is 4.69. The van der Waals surface area contributed by atoms with E-state index in [1.54, 1.807) is 12.1 Å². The molecule has 2 amide bonds. The molecule has 1 aromatic carbocycles. The molecule has 0 radical (unpaired) electrons. The maximum Gasteiger partial charge on any atom is 0.414 e. The zero-order valence-corrected chi connectivity index (χ0v) is 17.3. The van der Waals surface area contributed by atoms with Crippen LogP contribution in [0.1, 0.15) is 23.3 Å². The monoisotopic (exact) mass is 446 g/mol. The Hall–Kier alpha value is -3.25. The fourth-order valence-electron chi connectivity index (χ4n) is 4.40. The SMILES string of the molecule is NC(=O)c1cnnn1C[C@H]1CN(c2ccc(N3CCC4(CC3)OCCO4)c(F)c2)C(=O)O1. The summed E-state index contributed by atoms with van der Waals surface area (Å²) in [5, 5.41) is 7.46. The third-order valence-corrected chi connectivity index (χ3v) is 6.04. The van der Waals surface area contributed by atoms with Gasteiger partial charge in [0.2, 0.25) is 0 Å². The number of halogens is 1. The van der Waals surface area contributed by atoms with Gasteiger partial charge < -0.3 is 24.8 Å². The first-order chi connectivity index (χ1) is 15.4. The van der Waals surface area contributed by atoms with Gasteiger partial charge in [0.15, 0.2) is 5.79 Å². The van der Waals surface area contributed by atoms with Crippen molar-refractivity contribution >= 4 is 23.4 Å². The van der Waals surface area contributed by atoms with Gasteiger partial charge in [-0.05, 0) is 18.2 Å². The normalized spacial score (nSPS) is 22.5. The third kappa shape index (κ3) is 3.75. The smallest absolute Gasteiger partial charge is 0.414 e. The lowest BCUT2D eigenvalue weighted by molar-refractivity contribution is -0.169. The molecule has 0 aliphatic carbocycles. The van der Waals surface area contributed by atoms with Crippen LogP contribution in [0.5, 0.6) is 0 Å². The number of nitrogens with two attached hydrogens (primary N) is 1. The standard InChI is InChI=1S/C20H23FN6O5/c21-15-9-13(1-2-16(15)25-5-3-20(4-6-25)30-7-8-31-20)26-11-14(32-19(26)29)12-27-17(18(22)28)10-23-24-27/h1-2,9-10,14H,3-8,11-12H2,(H2,22,28)/t14-/m1/s1. The predicted molar refractivity (Wildman–Crippen MR) is 109 cm³/mol. The summed E-state index contributed by atoms with van der Waals surface area (Å²) in [4.78, 5) is 27.1. The van der Waals surface area contributed by atoms with E-state index in [-0.39, 0.29) is 18.8 Å². The van der Waals surface area contributed by atoms with Crippen LogP contribution >= 0.6 is 0 Å². The fraction of sp³-hybridized carbons (Fsp3) is 0.500. The Morgan fingerprint density at radius 2 is 2.00 bits per heavy atom. The van der Waals surface area contributed by atoms with E-state index in [9.17, 15) is 14.0 Å². The van der Waals surface area contributed by atoms with Crippen LogP contribution in [-0.4, -0.2) is 71.7 Å². The lowest BCUT2D eigenvalue weighted by atomic mass is 10.0. The highest BCUT2D eigenvalue weighted by molar-refractivity contribution is 5.91. The second-order valence-corrected chi connectivity index (χ2v) is 8.01. The first-order valence-electron chi connectivity index (χ1n) is 10.4. The Bertz CT molecular complexity index is 1030. The largest absolute Gasteiger partial charge is 0.442 e. The van der Waals surface area contributed by atoms with Gasteiger partial charge in [0.05, 0.1) is 43.9 Å². The molecule has 1 aromatic heterocycles. The highest BCUT2D eigenvalue weighted by Crippen LogP contribution is 2.35. The predicted octanol–water partition coefficient (Wildman–Crippen LogP) is 0.885. The average Bonchev–Trinajstić information content (AvgIpc) is 3.50. The maximum absolute atomic E-state index is 15.0. The van der Waals surface area contributed by atoms with Crippen molar-refractivity contribution in [2.45, 2.75) is 31.3 Å². The number of aromatic nitrogens is 3. The van der Waals surface area contributed by atoms with Crippen molar-refractivity contribution < 1.29 is 28.2 Å². The minimum Gasteiger partial charge on any atom is -0.442 e. The van der Waals surface area contributed by atoms with Gasteiger partial charge >= 0.3 is 6.09 Å². The van der Waals surface area contributed by atoms with Gasteiger partial charge in [-0.25, -0.2) is 13.9 Å². The van der Waals surface area contributed by atoms with E-state index in [1.807, 2.05) is 4.90 Å². The quantitative estimate of drug-likeness (QED) is 0.718. The number of rotatable bonds is 5. The first kappa shape index (κ1) is 20.6. The molecule has 0 saturated carbocycles. The number of carbonyl (C=O) groups is 2. The Morgan fingerprint density at radius 1 is 1.25 bits per heavy atom. The number of benzene rings is 1. The molecule has 32 heavy (non-hydrogen) atoms. The average molecular weight is 446 g/mol. The van der Waals surface area contributed by atoms with Crippen molar-refractivity contribution in [2.24, 2.45) is 5.73 Å². The number of carbonyl (C=O) groups excluding carboxylic acids is 2. The molecular formula is C20H23FN6O5. The molecule has 3 fully saturated rings. The molecule has 12 heteroatoms. The summed E-state index contributed by atoms with van der Waals surface area (Å²) in [6.45, 7) is 2.71. The Morgan fingerprint density at radius 3 is 2.69 bits per heavy atom. The van der Waals surface area contributed by atoms with Crippen molar-refractivity contribution in [3.63, 3.8) is 0 Å². The molecule has 11 nitrogen and oxygen atoms in total. The lowest BCUT2D eigenvalue weighted by Crippen LogP contribution is -2.45. The number of nitrogens with zero attached hydrogens (tertiary/aromatic N) is 5. The van der Waals surface area contributed by atoms with E-state index in [2.05, 4.69) is 10.3 Å². The van der Waals surface area contributed by atoms with Gasteiger partial charge in [-0.2, -0.15) is 0 Å². The number of anilines is 2. The topological polar surface area (TPSA) is 125 Å². The molecule has 1 spiro atoms. The van der Waals surface area contributed by atoms with E-state index in [4.69, 9.17) is 19.9 Å². The van der Waals surface area contributed by atoms with Crippen LogP contribution in [0, 0.1) is 5.82 Å². The van der Waals surface area contributed by atoms with Crippen LogP contribution in [0.4, 0.5) is 20.6 Å². The second-order valence-electron chi connectivity index (χ2n) is 8.01. The number of ether oxygens (including phenoxy) is 3. The fourth-order valence-corrected chi connectivity index (χ4v) is 4.40. The Balaban J connectivity index is 1.25. The highest BCUT2D eigenvalue weighted by atomic mass is 19.1. The van der Waals surface area contributed by atoms with Gasteiger partial charge in [-0.15, -0.1) is 5.10 Å². The van der Waals surface area contributed by atoms with Crippen LogP contribution in [0.15, 0.2) is 24.4 Å². The van der Waals surface area contributed by atoms with Gasteiger partial charge in [0.1, 0.15) is 17.6 Å². The van der Waals surface area contributed by atoms with E-state index in [0.29, 0.717) is 50.5 Å². The summed E-state index contributed by atoms with van der Waals surface area (Å²) in [5.41, 5.74) is 6.27. The first-order valence-corrected chi connectivity index (χ1v) is 10.4. The molecule has 0 unspecified atom stereocenters. The van der Waals surface area contributed by atoms with E-state index >= 15 is 0 Å². The molecular weight excluding hydrogens is 423 g/mol. The van der Waals surface area contributed by atoms with Gasteiger partial charge in [0.25, 0.3) is 5.91 Å². The number of cyclic esters (lactones) is 1. The van der Waals surface area contributed by atoms with Crippen LogP contribution < -0.4 is 15.5 Å². The number of primary amides is 1. The van der Waals surface area contributed by atoms with Crippen molar-refractivity contribution in [1.29, 1.82) is 0 Å². The minimum absolute atomic E-state index is 0.112. The molecule has 1 atom stereocenters. The number of hydrogen-bond acceptors (Lipinski definition) is 8. The summed E-state index contributed by atoms with van der Waals surface area (Å²) in [7, 11) is 0. The zero-order chi connectivity index (χ0) is 22.3. The van der Waals surface area contributed by atoms with Gasteiger partial charge in [0, 0.05) is 25.9 Å². The molecule has 3 saturated heterocycles. The van der Waals surface area contributed by atoms with Gasteiger partial charge in [-0.3, -0.25) is 9.69 Å². The molecule has 2 aromatic rings. The molecule has 2 N–H and O–H groups in total. The number of piperidine rings is 1. The van der Waals surface area contributed by atoms with Crippen LogP contribution in [0.2, 0.25) is 0 Å². The van der Waals surface area contributed by atoms with Crippen molar-refractivity contribution in [3.8, 4) is 0 Å². The molecule has 5 rings (SSSR count). The summed E-state index contributed by atoms with van der Waals surface area (Å²) in [6.07, 6.45) is 1.40. The van der Waals surface area contributed by atoms with Crippen LogP contribution in [0.3, 0.4) is 0 Å². The Kier molecular flexibility index (Phi) is 5.18. The van der Waals surface area contributed by atoms with Crippen LogP contribution in [-0.2, 0) is 20.8 Å². The molecule has 0 bridgehead atoms. The molecule has 3 aliphatic rings. The molecule has 170 valence electrons. The van der Waals surface area contributed by atoms with E-state index in [0.717, 1.165) is 0 Å². The second kappa shape index (κ2) is 8.02. The minimum atomic E-state index is -0.677. The summed E-state index contributed by atoms with van der Waals surface area (Å²) >= 11 is 0. The summed E-state index contributed by atoms with van der Waals surface area (Å²) in [5.74, 6) is -1.63. The number of amides is 2. The molecule has 4 heterocycles. The van der Waals surface area contributed by atoms with Crippen molar-refractivity contribution in [2.75, 3.05) is 42.6 Å². The number of hydrogen-bond donors (Lipinski definition) is 1. The van der Waals surface area contributed by atoms with Crippen molar-refractivity contribution in [3.05, 3.63) is 35.9 Å². The van der Waals surface area contributed by atoms with Crippen LogP contribution in [0.25, 0.3) is 0 Å². The van der Waals surface area contributed by atoms with Crippen molar-refractivity contribution in [1.82, 2.24) is 15.0 Å². The lowest BCUT2D eigenvalue weighted by Gasteiger charge is -2.38. The van der Waals surface area contributed by atoms with Gasteiger partial charge in [-0.1, -0.05) is 5.21 Å². The summed E-state index contributed by atoms with van der Waals surface area (Å²) < 4.78 is 33.1. The zero-order valence-electron chi connectivity index (χ0n) is 17.3. The third-order valence-electron chi connectivity index (χ3n) is 6.04. The van der Waals surface area contributed by atoms with E-state index < -0.39 is 29.7 Å². The Labute approximate surface area is 182 Å². The highest BCUT2D eigenvalue weighted by Gasteiger charge is 2.40. The molecule has 3 aliphatic heterocycles. The van der Waals surface area contributed by atoms with E-state index in [1.165, 1.54) is 21.8 Å².